The molecule has 2 N–H and O–H groups in total. The van der Waals surface area contributed by atoms with E-state index in [0.717, 1.165) is 22.5 Å². The van der Waals surface area contributed by atoms with Crippen LogP contribution in [0.4, 0.5) is 0 Å². The Kier molecular flexibility index (Phi) is 3.36. The van der Waals surface area contributed by atoms with Crippen LogP contribution in [-0.2, 0) is 4.79 Å². The van der Waals surface area contributed by atoms with E-state index >= 15 is 0 Å². The van der Waals surface area contributed by atoms with Crippen LogP contribution in [0.2, 0.25) is 0 Å². The molecule has 0 radical (unpaired) electrons. The highest BCUT2D eigenvalue weighted by Crippen LogP contribution is 2.31. The Labute approximate surface area is 117 Å². The average molecular weight is 274 g/mol. The van der Waals surface area contributed by atoms with E-state index < -0.39 is 0 Å². The fourth-order valence-electron chi connectivity index (χ4n) is 2.59. The smallest absolute Gasteiger partial charge is 0.221 e. The first-order chi connectivity index (χ1) is 9.67. The Balaban J connectivity index is 1.81. The second-order valence-electron chi connectivity index (χ2n) is 5.12. The predicted octanol–water partition coefficient (Wildman–Crippen LogP) is 1.98. The second-order valence-corrected chi connectivity index (χ2v) is 5.12. The molecule has 1 aliphatic rings. The number of carbonyl (C=O) groups is 1. The molecule has 1 aliphatic heterocycles. The summed E-state index contributed by atoms with van der Waals surface area (Å²) in [4.78, 5) is 11.2. The van der Waals surface area contributed by atoms with Crippen molar-refractivity contribution in [2.24, 2.45) is 0 Å². The number of furan rings is 1. The number of nitrogens with one attached hydrogen (secondary N) is 2. The van der Waals surface area contributed by atoms with Crippen molar-refractivity contribution in [3.63, 3.8) is 0 Å². The first kappa shape index (κ1) is 13.0. The molecule has 2 atom stereocenters. The molecule has 1 aromatic heterocycles. The molecule has 2 unspecified atom stereocenters. The molecule has 1 saturated heterocycles. The molecule has 106 valence electrons. The van der Waals surface area contributed by atoms with Gasteiger partial charge in [0.1, 0.15) is 5.76 Å². The van der Waals surface area contributed by atoms with Crippen LogP contribution in [0.5, 0.6) is 5.75 Å². The van der Waals surface area contributed by atoms with Gasteiger partial charge in [-0.1, -0.05) is 12.1 Å². The second kappa shape index (κ2) is 5.17. The lowest BCUT2D eigenvalue weighted by Gasteiger charge is -2.15. The van der Waals surface area contributed by atoms with E-state index in [9.17, 15) is 4.79 Å². The predicted molar refractivity (Wildman–Crippen MR) is 75.7 cm³/mol. The summed E-state index contributed by atoms with van der Waals surface area (Å²) < 4.78 is 11.2. The number of fused-ring (bicyclic) bond motifs is 1. The summed E-state index contributed by atoms with van der Waals surface area (Å²) in [6, 6.07) is 8.04. The van der Waals surface area contributed by atoms with E-state index in [1.54, 1.807) is 7.11 Å². The molecular weight excluding hydrogens is 256 g/mol. The molecule has 0 saturated carbocycles. The van der Waals surface area contributed by atoms with Crippen molar-refractivity contribution in [1.29, 1.82) is 0 Å². The summed E-state index contributed by atoms with van der Waals surface area (Å²) in [5, 5.41) is 7.25. The van der Waals surface area contributed by atoms with E-state index in [4.69, 9.17) is 9.15 Å². The van der Waals surface area contributed by atoms with Crippen molar-refractivity contribution in [2.45, 2.75) is 25.4 Å². The molecule has 1 fully saturated rings. The SMILES string of the molecule is COc1cccc2cc(C(C)NC3CNC(=O)C3)oc12. The maximum atomic E-state index is 11.2. The van der Waals surface area contributed by atoms with Crippen LogP contribution < -0.4 is 15.4 Å². The Morgan fingerprint density at radius 2 is 2.35 bits per heavy atom. The minimum atomic E-state index is 0.0461. The lowest BCUT2D eigenvalue weighted by atomic mass is 10.1. The van der Waals surface area contributed by atoms with Crippen LogP contribution >= 0.6 is 0 Å². The average Bonchev–Trinajstić information content (AvgIpc) is 3.04. The van der Waals surface area contributed by atoms with Crippen molar-refractivity contribution in [3.05, 3.63) is 30.0 Å². The first-order valence-electron chi connectivity index (χ1n) is 6.76. The number of ether oxygens (including phenoxy) is 1. The van der Waals surface area contributed by atoms with Gasteiger partial charge < -0.3 is 19.8 Å². The van der Waals surface area contributed by atoms with Crippen LogP contribution in [-0.4, -0.2) is 25.6 Å². The number of hydrogen-bond acceptors (Lipinski definition) is 4. The van der Waals surface area contributed by atoms with Crippen LogP contribution in [0.25, 0.3) is 11.0 Å². The van der Waals surface area contributed by atoms with Crippen LogP contribution in [0, 0.1) is 0 Å². The molecule has 20 heavy (non-hydrogen) atoms. The maximum Gasteiger partial charge on any atom is 0.221 e. The lowest BCUT2D eigenvalue weighted by Crippen LogP contribution is -2.32. The molecule has 2 heterocycles. The van der Waals surface area contributed by atoms with Crippen molar-refractivity contribution >= 4 is 16.9 Å². The van der Waals surface area contributed by atoms with Gasteiger partial charge in [-0.2, -0.15) is 0 Å². The molecule has 0 bridgehead atoms. The fourth-order valence-corrected chi connectivity index (χ4v) is 2.59. The van der Waals surface area contributed by atoms with Gasteiger partial charge in [-0.25, -0.2) is 0 Å². The van der Waals surface area contributed by atoms with Gasteiger partial charge in [0.15, 0.2) is 11.3 Å². The van der Waals surface area contributed by atoms with Crippen molar-refractivity contribution in [1.82, 2.24) is 10.6 Å². The molecule has 2 aromatic rings. The molecule has 0 spiro atoms. The minimum Gasteiger partial charge on any atom is -0.493 e. The van der Waals surface area contributed by atoms with Crippen molar-refractivity contribution < 1.29 is 13.9 Å². The van der Waals surface area contributed by atoms with Crippen LogP contribution in [0.3, 0.4) is 0 Å². The van der Waals surface area contributed by atoms with Gasteiger partial charge in [0.05, 0.1) is 13.2 Å². The van der Waals surface area contributed by atoms with Crippen LogP contribution in [0.15, 0.2) is 28.7 Å². The topological polar surface area (TPSA) is 63.5 Å². The lowest BCUT2D eigenvalue weighted by molar-refractivity contribution is -0.119. The number of carbonyl (C=O) groups excluding carboxylic acids is 1. The van der Waals surface area contributed by atoms with Gasteiger partial charge in [-0.05, 0) is 19.1 Å². The Bertz CT molecular complexity index is 635. The summed E-state index contributed by atoms with van der Waals surface area (Å²) in [5.41, 5.74) is 0.763. The van der Waals surface area contributed by atoms with E-state index in [-0.39, 0.29) is 18.0 Å². The Hall–Kier alpha value is -2.01. The summed E-state index contributed by atoms with van der Waals surface area (Å²) >= 11 is 0. The largest absolute Gasteiger partial charge is 0.493 e. The third kappa shape index (κ3) is 2.36. The van der Waals surface area contributed by atoms with Crippen molar-refractivity contribution in [3.8, 4) is 5.75 Å². The quantitative estimate of drug-likeness (QED) is 0.895. The molecule has 5 heteroatoms. The molecule has 3 rings (SSSR count). The molecule has 1 aromatic carbocycles. The zero-order valence-corrected chi connectivity index (χ0v) is 11.6. The van der Waals surface area contributed by atoms with Gasteiger partial charge in [0.2, 0.25) is 5.91 Å². The molecular formula is C15H18N2O3. The van der Waals surface area contributed by atoms with E-state index in [1.165, 1.54) is 0 Å². The number of hydrogen-bond donors (Lipinski definition) is 2. The Morgan fingerprint density at radius 1 is 1.50 bits per heavy atom. The van der Waals surface area contributed by atoms with Gasteiger partial charge in [0, 0.05) is 24.4 Å². The Morgan fingerprint density at radius 3 is 3.05 bits per heavy atom. The number of rotatable bonds is 4. The highest BCUT2D eigenvalue weighted by atomic mass is 16.5. The van der Waals surface area contributed by atoms with E-state index in [0.29, 0.717) is 13.0 Å². The number of para-hydroxylation sites is 1. The third-order valence-corrected chi connectivity index (χ3v) is 3.64. The van der Waals surface area contributed by atoms with Gasteiger partial charge in [-0.3, -0.25) is 4.79 Å². The third-order valence-electron chi connectivity index (χ3n) is 3.64. The number of benzene rings is 1. The summed E-state index contributed by atoms with van der Waals surface area (Å²) in [5.74, 6) is 1.68. The zero-order valence-electron chi connectivity index (χ0n) is 11.6. The summed E-state index contributed by atoms with van der Waals surface area (Å²) in [6.07, 6.45) is 0.522. The number of methoxy groups -OCH3 is 1. The standard InChI is InChI=1S/C15H18N2O3/c1-9(17-11-7-14(18)16-8-11)13-6-10-4-3-5-12(19-2)15(10)20-13/h3-6,9,11,17H,7-8H2,1-2H3,(H,16,18). The molecule has 1 amide bonds. The maximum absolute atomic E-state index is 11.2. The van der Waals surface area contributed by atoms with Gasteiger partial charge in [0.25, 0.3) is 0 Å². The fraction of sp³-hybridized carbons (Fsp3) is 0.400. The molecule has 0 aliphatic carbocycles. The monoisotopic (exact) mass is 274 g/mol. The summed E-state index contributed by atoms with van der Waals surface area (Å²) in [6.45, 7) is 2.71. The van der Waals surface area contributed by atoms with E-state index in [1.807, 2.05) is 31.2 Å². The van der Waals surface area contributed by atoms with Crippen molar-refractivity contribution in [2.75, 3.05) is 13.7 Å². The van der Waals surface area contributed by atoms with Crippen LogP contribution in [0.1, 0.15) is 25.1 Å². The van der Waals surface area contributed by atoms with E-state index in [2.05, 4.69) is 10.6 Å². The zero-order chi connectivity index (χ0) is 14.1. The normalized spacial score (nSPS) is 20.1. The highest BCUT2D eigenvalue weighted by molar-refractivity contribution is 5.83. The first-order valence-corrected chi connectivity index (χ1v) is 6.76. The highest BCUT2D eigenvalue weighted by Gasteiger charge is 2.24. The van der Waals surface area contributed by atoms with Gasteiger partial charge in [-0.15, -0.1) is 0 Å². The van der Waals surface area contributed by atoms with Gasteiger partial charge >= 0.3 is 0 Å². The minimum absolute atomic E-state index is 0.0461. The molecule has 5 nitrogen and oxygen atoms in total. The summed E-state index contributed by atoms with van der Waals surface area (Å²) in [7, 11) is 1.63. The number of amides is 1.